The normalized spacial score (nSPS) is 16.5. The number of thiophene rings is 1. The van der Waals surface area contributed by atoms with E-state index in [-0.39, 0.29) is 11.9 Å². The van der Waals surface area contributed by atoms with Crippen molar-refractivity contribution in [1.82, 2.24) is 4.90 Å². The third kappa shape index (κ3) is 6.27. The molecular formula is C22H31N2O4S+. The van der Waals surface area contributed by atoms with Gasteiger partial charge in [-0.3, -0.25) is 10.2 Å². The van der Waals surface area contributed by atoms with E-state index in [1.165, 1.54) is 12.8 Å². The number of aliphatic hydroxyl groups excluding tert-OH is 1. The second-order valence-electron chi connectivity index (χ2n) is 7.49. The number of hydrogen-bond acceptors (Lipinski definition) is 6. The monoisotopic (exact) mass is 419 g/mol. The summed E-state index contributed by atoms with van der Waals surface area (Å²) in [4.78, 5) is 15.9. The van der Waals surface area contributed by atoms with Crippen molar-refractivity contribution in [3.8, 4) is 11.5 Å². The number of aryl methyl sites for hydroxylation is 1. The maximum Gasteiger partial charge on any atom is 0.314 e. The first kappa shape index (κ1) is 21.8. The topological polar surface area (TPSA) is 75.6 Å². The Labute approximate surface area is 176 Å². The van der Waals surface area contributed by atoms with E-state index in [1.807, 2.05) is 42.6 Å². The number of rotatable bonds is 10. The molecule has 2 heterocycles. The molecule has 7 heteroatoms. The maximum atomic E-state index is 12.6. The minimum atomic E-state index is -0.651. The number of primary amides is 1. The van der Waals surface area contributed by atoms with Crippen LogP contribution in [0.25, 0.3) is 0 Å². The van der Waals surface area contributed by atoms with E-state index in [9.17, 15) is 9.90 Å². The molecule has 1 aromatic heterocycles. The summed E-state index contributed by atoms with van der Waals surface area (Å²) in [5.41, 5.74) is 1.08. The molecule has 0 radical (unpaired) electrons. The number of methoxy groups -OCH3 is 1. The lowest BCUT2D eigenvalue weighted by Crippen LogP contribution is -2.96. The van der Waals surface area contributed by atoms with Gasteiger partial charge in [0.1, 0.15) is 30.3 Å². The van der Waals surface area contributed by atoms with E-state index in [4.69, 9.17) is 9.47 Å². The molecule has 1 amide bonds. The highest BCUT2D eigenvalue weighted by atomic mass is 32.1. The summed E-state index contributed by atoms with van der Waals surface area (Å²) < 4.78 is 10.8. The second-order valence-corrected chi connectivity index (χ2v) is 8.44. The van der Waals surface area contributed by atoms with E-state index in [1.54, 1.807) is 23.8 Å². The lowest BCUT2D eigenvalue weighted by Gasteiger charge is -2.25. The average Bonchev–Trinajstić information content (AvgIpc) is 3.39. The number of benzene rings is 1. The van der Waals surface area contributed by atoms with Crippen molar-refractivity contribution in [1.29, 1.82) is 0 Å². The zero-order valence-corrected chi connectivity index (χ0v) is 18.0. The van der Waals surface area contributed by atoms with Crippen LogP contribution in [0, 0.1) is 6.92 Å². The Morgan fingerprint density at radius 1 is 1.21 bits per heavy atom. The molecule has 158 valence electrons. The highest BCUT2D eigenvalue weighted by molar-refractivity contribution is 7.10. The van der Waals surface area contributed by atoms with Gasteiger partial charge in [0.15, 0.2) is 0 Å². The van der Waals surface area contributed by atoms with Gasteiger partial charge in [-0.15, -0.1) is 11.3 Å². The predicted molar refractivity (Wildman–Crippen MR) is 114 cm³/mol. The van der Waals surface area contributed by atoms with Crippen molar-refractivity contribution in [3.63, 3.8) is 0 Å². The van der Waals surface area contributed by atoms with Crippen molar-refractivity contribution >= 4 is 17.2 Å². The number of nitrogens with two attached hydrogens (primary N) is 1. The van der Waals surface area contributed by atoms with Crippen LogP contribution in [0.5, 0.6) is 11.5 Å². The van der Waals surface area contributed by atoms with Crippen molar-refractivity contribution < 1.29 is 24.7 Å². The van der Waals surface area contributed by atoms with Crippen molar-refractivity contribution in [2.24, 2.45) is 0 Å². The SMILES string of the molecule is COc1ccc(OCCC(=O)[NH2+][C@H](CN2CCCC2)[C@H](O)c2sccc2C)cc1. The van der Waals surface area contributed by atoms with E-state index in [2.05, 4.69) is 4.90 Å². The fourth-order valence-corrected chi connectivity index (χ4v) is 4.64. The molecule has 1 fully saturated rings. The number of carbonyl (C=O) groups is 1. The standard InChI is InChI=1S/C22H30N2O4S/c1-16-10-14-29-22(16)21(26)19(15-24-11-3-4-12-24)23-20(25)9-13-28-18-7-5-17(27-2)6-8-18/h5-8,10,14,19,21,26H,3-4,9,11-13,15H2,1-2H3,(H,23,25)/p+1/t19-,21+/m1/s1. The van der Waals surface area contributed by atoms with Crippen LogP contribution in [0.4, 0.5) is 0 Å². The molecule has 0 spiro atoms. The lowest BCUT2D eigenvalue weighted by atomic mass is 10.1. The molecule has 0 unspecified atom stereocenters. The maximum absolute atomic E-state index is 12.6. The molecule has 2 atom stereocenters. The molecule has 6 nitrogen and oxygen atoms in total. The number of carbonyl (C=O) groups excluding carboxylic acids is 1. The van der Waals surface area contributed by atoms with Gasteiger partial charge >= 0.3 is 5.91 Å². The second kappa shape index (κ2) is 10.7. The predicted octanol–water partition coefficient (Wildman–Crippen LogP) is 2.12. The third-order valence-electron chi connectivity index (χ3n) is 5.32. The zero-order valence-electron chi connectivity index (χ0n) is 17.2. The summed E-state index contributed by atoms with van der Waals surface area (Å²) >= 11 is 1.55. The Morgan fingerprint density at radius 2 is 1.90 bits per heavy atom. The first-order valence-corrected chi connectivity index (χ1v) is 11.0. The highest BCUT2D eigenvalue weighted by Crippen LogP contribution is 2.26. The number of amides is 1. The van der Waals surface area contributed by atoms with Crippen LogP contribution >= 0.6 is 11.3 Å². The van der Waals surface area contributed by atoms with Gasteiger partial charge in [0, 0.05) is 4.88 Å². The molecular weight excluding hydrogens is 388 g/mol. The van der Waals surface area contributed by atoms with Crippen LogP contribution in [0.2, 0.25) is 0 Å². The Kier molecular flexibility index (Phi) is 8.06. The number of nitrogens with zero attached hydrogens (tertiary/aromatic N) is 1. The Bertz CT molecular complexity index is 771. The quantitative estimate of drug-likeness (QED) is 0.617. The molecule has 1 saturated heterocycles. The molecule has 0 bridgehead atoms. The molecule has 3 rings (SSSR count). The summed E-state index contributed by atoms with van der Waals surface area (Å²) in [6.07, 6.45) is 2.01. The number of aliphatic hydroxyl groups is 1. The molecule has 3 N–H and O–H groups in total. The molecule has 0 aliphatic carbocycles. The zero-order chi connectivity index (χ0) is 20.6. The van der Waals surface area contributed by atoms with E-state index >= 15 is 0 Å². The molecule has 1 aromatic carbocycles. The number of quaternary nitrogens is 1. The lowest BCUT2D eigenvalue weighted by molar-refractivity contribution is -0.616. The minimum Gasteiger partial charge on any atom is -0.497 e. The number of ether oxygens (including phenoxy) is 2. The molecule has 1 aliphatic rings. The smallest absolute Gasteiger partial charge is 0.314 e. The fourth-order valence-electron chi connectivity index (χ4n) is 3.65. The summed E-state index contributed by atoms with van der Waals surface area (Å²) in [5.74, 6) is 1.49. The van der Waals surface area contributed by atoms with Gasteiger partial charge in [0.25, 0.3) is 0 Å². The number of hydrogen-bond donors (Lipinski definition) is 2. The molecule has 1 aliphatic heterocycles. The van der Waals surface area contributed by atoms with Gasteiger partial charge in [-0.1, -0.05) is 0 Å². The van der Waals surface area contributed by atoms with Gasteiger partial charge in [-0.05, 0) is 74.1 Å². The van der Waals surface area contributed by atoms with Gasteiger partial charge in [0.2, 0.25) is 0 Å². The van der Waals surface area contributed by atoms with Crippen LogP contribution in [-0.2, 0) is 4.79 Å². The van der Waals surface area contributed by atoms with Gasteiger partial charge in [-0.2, -0.15) is 0 Å². The average molecular weight is 420 g/mol. The first-order valence-electron chi connectivity index (χ1n) is 10.2. The number of likely N-dealkylation sites (tertiary alicyclic amines) is 1. The van der Waals surface area contributed by atoms with Crippen LogP contribution in [-0.4, -0.2) is 55.3 Å². The molecule has 0 saturated carbocycles. The fraction of sp³-hybridized carbons (Fsp3) is 0.500. The highest BCUT2D eigenvalue weighted by Gasteiger charge is 2.31. The van der Waals surface area contributed by atoms with Gasteiger partial charge in [0.05, 0.1) is 20.1 Å². The Hall–Kier alpha value is -1.93. The Balaban J connectivity index is 1.54. The van der Waals surface area contributed by atoms with Crippen molar-refractivity contribution in [2.75, 3.05) is 33.4 Å². The third-order valence-corrected chi connectivity index (χ3v) is 6.41. The van der Waals surface area contributed by atoms with E-state index < -0.39 is 6.10 Å². The van der Waals surface area contributed by atoms with Crippen LogP contribution in [0.15, 0.2) is 35.7 Å². The Morgan fingerprint density at radius 3 is 2.52 bits per heavy atom. The van der Waals surface area contributed by atoms with E-state index in [0.717, 1.165) is 29.3 Å². The van der Waals surface area contributed by atoms with E-state index in [0.29, 0.717) is 25.3 Å². The molecule has 2 aromatic rings. The van der Waals surface area contributed by atoms with Crippen LogP contribution < -0.4 is 14.8 Å². The summed E-state index contributed by atoms with van der Waals surface area (Å²) in [6.45, 7) is 5.10. The van der Waals surface area contributed by atoms with Crippen molar-refractivity contribution in [2.45, 2.75) is 38.3 Å². The summed E-state index contributed by atoms with van der Waals surface area (Å²) in [5, 5.41) is 14.7. The van der Waals surface area contributed by atoms with Gasteiger partial charge in [-0.25, -0.2) is 4.79 Å². The summed E-state index contributed by atoms with van der Waals surface area (Å²) in [6, 6.07) is 9.11. The largest absolute Gasteiger partial charge is 0.497 e. The van der Waals surface area contributed by atoms with Crippen LogP contribution in [0.1, 0.15) is 35.8 Å². The van der Waals surface area contributed by atoms with Crippen LogP contribution in [0.3, 0.4) is 0 Å². The summed E-state index contributed by atoms with van der Waals surface area (Å²) in [7, 11) is 1.62. The molecule has 29 heavy (non-hydrogen) atoms. The minimum absolute atomic E-state index is 0.0102. The van der Waals surface area contributed by atoms with Gasteiger partial charge < -0.3 is 14.6 Å². The first-order chi connectivity index (χ1) is 14.1. The van der Waals surface area contributed by atoms with Crippen molar-refractivity contribution in [3.05, 3.63) is 46.2 Å².